The molecule has 0 spiro atoms. The topological polar surface area (TPSA) is 39.3 Å². The molecule has 0 saturated carbocycles. The molecule has 4 nitrogen and oxygen atoms in total. The van der Waals surface area contributed by atoms with E-state index in [9.17, 15) is 4.79 Å². The summed E-state index contributed by atoms with van der Waals surface area (Å²) in [6.45, 7) is 4.86. The fourth-order valence-corrected chi connectivity index (χ4v) is 5.02. The van der Waals surface area contributed by atoms with E-state index in [1.807, 2.05) is 23.7 Å². The van der Waals surface area contributed by atoms with Crippen molar-refractivity contribution in [2.75, 3.05) is 37.6 Å². The molecule has 0 atom stereocenters. The maximum absolute atomic E-state index is 12.7. The number of fused-ring (bicyclic) bond motifs is 2. The highest BCUT2D eigenvalue weighted by atomic mass is 32.1. The van der Waals surface area contributed by atoms with Gasteiger partial charge in [-0.15, -0.1) is 11.3 Å². The molecule has 1 aliphatic rings. The first kappa shape index (κ1) is 17.5. The number of piperazine rings is 1. The summed E-state index contributed by atoms with van der Waals surface area (Å²) < 4.78 is 1.19. The molecule has 0 radical (unpaired) electrons. The monoisotopic (exact) mass is 389 g/mol. The van der Waals surface area contributed by atoms with E-state index in [1.165, 1.54) is 21.3 Å². The van der Waals surface area contributed by atoms with Gasteiger partial charge in [-0.25, -0.2) is 0 Å². The normalized spacial score (nSPS) is 15.5. The Balaban J connectivity index is 1.17. The Bertz CT molecular complexity index is 1120. The van der Waals surface area contributed by atoms with E-state index in [4.69, 9.17) is 0 Å². The molecule has 0 unspecified atom stereocenters. The van der Waals surface area contributed by atoms with E-state index in [2.05, 4.69) is 51.2 Å². The van der Waals surface area contributed by atoms with Gasteiger partial charge in [0.15, 0.2) is 5.78 Å². The van der Waals surface area contributed by atoms with Crippen LogP contribution >= 0.6 is 11.3 Å². The van der Waals surface area contributed by atoms with Crippen LogP contribution in [-0.4, -0.2) is 48.4 Å². The van der Waals surface area contributed by atoms with Gasteiger partial charge in [0, 0.05) is 83.0 Å². The molecular weight excluding hydrogens is 366 g/mol. The second-order valence-electron chi connectivity index (χ2n) is 7.40. The van der Waals surface area contributed by atoms with E-state index in [1.54, 1.807) is 11.3 Å². The molecule has 0 bridgehead atoms. The van der Waals surface area contributed by atoms with E-state index >= 15 is 0 Å². The standard InChI is InChI=1S/C23H23N3OS/c27-22(20-16-28-23-4-2-1-3-19(20)23)8-10-25-11-13-26(14-12-25)18-5-6-21-17(15-18)7-9-24-21/h1-7,9,15-16,24H,8,10-14H2. The molecule has 1 saturated heterocycles. The molecular formula is C23H23N3OS. The molecule has 2 aromatic carbocycles. The van der Waals surface area contributed by atoms with Gasteiger partial charge in [-0.05, 0) is 30.3 Å². The number of carbonyl (C=O) groups excluding carboxylic acids is 1. The van der Waals surface area contributed by atoms with Crippen molar-refractivity contribution < 1.29 is 4.79 Å². The van der Waals surface area contributed by atoms with Gasteiger partial charge >= 0.3 is 0 Å². The third-order valence-electron chi connectivity index (χ3n) is 5.71. The Morgan fingerprint density at radius 2 is 1.89 bits per heavy atom. The van der Waals surface area contributed by atoms with Crippen molar-refractivity contribution in [2.45, 2.75) is 6.42 Å². The number of carbonyl (C=O) groups is 1. The molecule has 2 aromatic heterocycles. The predicted molar refractivity (Wildman–Crippen MR) is 118 cm³/mol. The van der Waals surface area contributed by atoms with Crippen molar-refractivity contribution in [3.63, 3.8) is 0 Å². The summed E-state index contributed by atoms with van der Waals surface area (Å²) >= 11 is 1.66. The highest BCUT2D eigenvalue weighted by molar-refractivity contribution is 7.17. The second kappa shape index (κ2) is 7.41. The van der Waals surface area contributed by atoms with Crippen molar-refractivity contribution in [3.8, 4) is 0 Å². The number of hydrogen-bond acceptors (Lipinski definition) is 4. The first-order chi connectivity index (χ1) is 13.8. The summed E-state index contributed by atoms with van der Waals surface area (Å²) in [4.78, 5) is 20.8. The van der Waals surface area contributed by atoms with Crippen molar-refractivity contribution >= 4 is 43.8 Å². The molecule has 142 valence electrons. The minimum atomic E-state index is 0.262. The summed E-state index contributed by atoms with van der Waals surface area (Å²) in [6.07, 6.45) is 2.58. The number of aromatic amines is 1. The fraction of sp³-hybridized carbons (Fsp3) is 0.261. The lowest BCUT2D eigenvalue weighted by Crippen LogP contribution is -2.46. The summed E-state index contributed by atoms with van der Waals surface area (Å²) in [7, 11) is 0. The molecule has 1 aliphatic heterocycles. The molecule has 0 aliphatic carbocycles. The number of benzene rings is 2. The average molecular weight is 390 g/mol. The summed E-state index contributed by atoms with van der Waals surface area (Å²) in [5, 5.41) is 4.37. The lowest BCUT2D eigenvalue weighted by atomic mass is 10.1. The number of nitrogens with zero attached hydrogens (tertiary/aromatic N) is 2. The van der Waals surface area contributed by atoms with Crippen LogP contribution in [0, 0.1) is 0 Å². The van der Waals surface area contributed by atoms with Gasteiger partial charge in [0.25, 0.3) is 0 Å². The van der Waals surface area contributed by atoms with E-state index in [0.717, 1.165) is 43.7 Å². The minimum absolute atomic E-state index is 0.262. The van der Waals surface area contributed by atoms with Crippen LogP contribution in [-0.2, 0) is 0 Å². The number of H-pyrrole nitrogens is 1. The third kappa shape index (κ3) is 3.32. The summed E-state index contributed by atoms with van der Waals surface area (Å²) in [5.41, 5.74) is 3.36. The van der Waals surface area contributed by atoms with Crippen LogP contribution in [0.1, 0.15) is 16.8 Å². The highest BCUT2D eigenvalue weighted by Crippen LogP contribution is 2.27. The predicted octanol–water partition coefficient (Wildman–Crippen LogP) is 4.78. The number of thiophene rings is 1. The Kier molecular flexibility index (Phi) is 4.63. The average Bonchev–Trinajstić information content (AvgIpc) is 3.38. The van der Waals surface area contributed by atoms with E-state index in [0.29, 0.717) is 6.42 Å². The Hall–Kier alpha value is -2.63. The van der Waals surface area contributed by atoms with Crippen molar-refractivity contribution in [1.82, 2.24) is 9.88 Å². The minimum Gasteiger partial charge on any atom is -0.369 e. The van der Waals surface area contributed by atoms with E-state index < -0.39 is 0 Å². The zero-order chi connectivity index (χ0) is 18.9. The molecule has 5 rings (SSSR count). The van der Waals surface area contributed by atoms with Crippen LogP contribution < -0.4 is 4.90 Å². The van der Waals surface area contributed by atoms with Crippen LogP contribution in [0.5, 0.6) is 0 Å². The summed E-state index contributed by atoms with van der Waals surface area (Å²) in [5.74, 6) is 0.262. The Labute approximate surface area is 168 Å². The van der Waals surface area contributed by atoms with Crippen LogP contribution in [0.2, 0.25) is 0 Å². The number of ketones is 1. The molecule has 5 heteroatoms. The quantitative estimate of drug-likeness (QED) is 0.500. The first-order valence-corrected chi connectivity index (χ1v) is 10.7. The van der Waals surface area contributed by atoms with Gasteiger partial charge in [0.05, 0.1) is 0 Å². The van der Waals surface area contributed by atoms with Crippen molar-refractivity contribution in [1.29, 1.82) is 0 Å². The van der Waals surface area contributed by atoms with Gasteiger partial charge < -0.3 is 9.88 Å². The number of aromatic nitrogens is 1. The van der Waals surface area contributed by atoms with Gasteiger partial charge in [0.2, 0.25) is 0 Å². The number of rotatable bonds is 5. The van der Waals surface area contributed by atoms with E-state index in [-0.39, 0.29) is 5.78 Å². The Morgan fingerprint density at radius 3 is 2.79 bits per heavy atom. The maximum atomic E-state index is 12.7. The molecule has 1 fully saturated rings. The third-order valence-corrected chi connectivity index (χ3v) is 6.67. The zero-order valence-corrected chi connectivity index (χ0v) is 16.5. The number of nitrogens with one attached hydrogen (secondary N) is 1. The molecule has 4 aromatic rings. The molecule has 0 amide bonds. The number of anilines is 1. The van der Waals surface area contributed by atoms with Gasteiger partial charge in [0.1, 0.15) is 0 Å². The number of Topliss-reactive ketones (excluding diaryl/α,β-unsaturated/α-hetero) is 1. The molecule has 3 heterocycles. The zero-order valence-electron chi connectivity index (χ0n) is 15.7. The summed E-state index contributed by atoms with van der Waals surface area (Å²) in [6, 6.07) is 16.9. The van der Waals surface area contributed by atoms with Gasteiger partial charge in [-0.3, -0.25) is 9.69 Å². The largest absolute Gasteiger partial charge is 0.369 e. The molecule has 1 N–H and O–H groups in total. The van der Waals surface area contributed by atoms with Crippen molar-refractivity contribution in [3.05, 3.63) is 65.7 Å². The van der Waals surface area contributed by atoms with Crippen LogP contribution in [0.25, 0.3) is 21.0 Å². The van der Waals surface area contributed by atoms with Crippen LogP contribution in [0.4, 0.5) is 5.69 Å². The maximum Gasteiger partial charge on any atom is 0.165 e. The molecule has 28 heavy (non-hydrogen) atoms. The lowest BCUT2D eigenvalue weighted by Gasteiger charge is -2.36. The SMILES string of the molecule is O=C(CCN1CCN(c2ccc3[nH]ccc3c2)CC1)c1csc2ccccc12. The first-order valence-electron chi connectivity index (χ1n) is 9.82. The second-order valence-corrected chi connectivity index (χ2v) is 8.31. The van der Waals surface area contributed by atoms with Crippen LogP contribution in [0.15, 0.2) is 60.1 Å². The van der Waals surface area contributed by atoms with Crippen molar-refractivity contribution in [2.24, 2.45) is 0 Å². The smallest absolute Gasteiger partial charge is 0.165 e. The van der Waals surface area contributed by atoms with Gasteiger partial charge in [-0.2, -0.15) is 0 Å². The van der Waals surface area contributed by atoms with Gasteiger partial charge in [-0.1, -0.05) is 18.2 Å². The lowest BCUT2D eigenvalue weighted by molar-refractivity contribution is 0.0964. The van der Waals surface area contributed by atoms with Crippen LogP contribution in [0.3, 0.4) is 0 Å². The highest BCUT2D eigenvalue weighted by Gasteiger charge is 2.19. The number of hydrogen-bond donors (Lipinski definition) is 1. The fourth-order valence-electron chi connectivity index (χ4n) is 4.06. The Morgan fingerprint density at radius 1 is 1.04 bits per heavy atom.